The van der Waals surface area contributed by atoms with E-state index in [0.29, 0.717) is 28.1 Å². The van der Waals surface area contributed by atoms with E-state index in [4.69, 9.17) is 9.47 Å². The van der Waals surface area contributed by atoms with Gasteiger partial charge in [0.15, 0.2) is 5.75 Å². The Morgan fingerprint density at radius 1 is 0.962 bits per heavy atom. The van der Waals surface area contributed by atoms with Crippen LogP contribution in [0.2, 0.25) is 0 Å². The average molecular weight is 349 g/mol. The molecule has 0 unspecified atom stereocenters. The second kappa shape index (κ2) is 7.98. The lowest BCUT2D eigenvalue weighted by Crippen LogP contribution is -2.11. The summed E-state index contributed by atoms with van der Waals surface area (Å²) in [6.45, 7) is 1.72. The van der Waals surface area contributed by atoms with Gasteiger partial charge in [-0.1, -0.05) is 0 Å². The third kappa shape index (κ3) is 4.27. The molecule has 0 fully saturated rings. The van der Waals surface area contributed by atoms with Gasteiger partial charge in [0.25, 0.3) is 0 Å². The summed E-state index contributed by atoms with van der Waals surface area (Å²) in [7, 11) is 0. The van der Waals surface area contributed by atoms with Gasteiger partial charge < -0.3 is 9.47 Å². The van der Waals surface area contributed by atoms with Crippen LogP contribution in [0.15, 0.2) is 61.3 Å². The maximum Gasteiger partial charge on any atom is 0.345 e. The van der Waals surface area contributed by atoms with Crippen LogP contribution in [0.5, 0.6) is 5.75 Å². The van der Waals surface area contributed by atoms with E-state index < -0.39 is 11.9 Å². The quantitative estimate of drug-likeness (QED) is 0.654. The van der Waals surface area contributed by atoms with Crippen LogP contribution in [0.3, 0.4) is 0 Å². The van der Waals surface area contributed by atoms with Gasteiger partial charge in [-0.15, -0.1) is 0 Å². The minimum atomic E-state index is -0.535. The topological polar surface area (TPSA) is 91.3 Å². The van der Waals surface area contributed by atoms with Gasteiger partial charge in [0.2, 0.25) is 0 Å². The van der Waals surface area contributed by atoms with Gasteiger partial charge in [-0.25, -0.2) is 9.59 Å². The molecule has 0 amide bonds. The smallest absolute Gasteiger partial charge is 0.345 e. The molecule has 7 heteroatoms. The highest BCUT2D eigenvalue weighted by Gasteiger charge is 2.13. The standard InChI is InChI=1S/C19H15N3O4/c1-13-17(26-19(24)16-5-3-7-21-11-16)8-14(9-22-13)12-25-18(23)15-4-2-6-20-10-15/h2-11H,12H2,1H3. The molecule has 3 aromatic heterocycles. The van der Waals surface area contributed by atoms with Gasteiger partial charge in [-0.05, 0) is 37.3 Å². The molecule has 0 aromatic carbocycles. The first-order valence-electron chi connectivity index (χ1n) is 7.78. The number of ether oxygens (including phenoxy) is 2. The van der Waals surface area contributed by atoms with Gasteiger partial charge in [0.05, 0.1) is 16.8 Å². The van der Waals surface area contributed by atoms with Crippen molar-refractivity contribution in [2.24, 2.45) is 0 Å². The fourth-order valence-corrected chi connectivity index (χ4v) is 2.09. The van der Waals surface area contributed by atoms with Crippen molar-refractivity contribution in [2.45, 2.75) is 13.5 Å². The van der Waals surface area contributed by atoms with Crippen molar-refractivity contribution >= 4 is 11.9 Å². The Balaban J connectivity index is 1.68. The number of hydrogen-bond acceptors (Lipinski definition) is 7. The van der Waals surface area contributed by atoms with E-state index in [1.807, 2.05) is 0 Å². The van der Waals surface area contributed by atoms with E-state index in [2.05, 4.69) is 15.0 Å². The minimum Gasteiger partial charge on any atom is -0.457 e. The number of aromatic nitrogens is 3. The molecule has 0 aliphatic heterocycles. The molecule has 0 saturated carbocycles. The number of nitrogens with zero attached hydrogens (tertiary/aromatic N) is 3. The number of hydrogen-bond donors (Lipinski definition) is 0. The summed E-state index contributed by atoms with van der Waals surface area (Å²) in [6, 6.07) is 8.14. The van der Waals surface area contributed by atoms with Crippen LogP contribution in [-0.2, 0) is 11.3 Å². The first kappa shape index (κ1) is 17.2. The molecule has 0 atom stereocenters. The Bertz CT molecular complexity index is 915. The molecule has 3 heterocycles. The van der Waals surface area contributed by atoms with Gasteiger partial charge in [0, 0.05) is 36.5 Å². The van der Waals surface area contributed by atoms with Gasteiger partial charge >= 0.3 is 11.9 Å². The van der Waals surface area contributed by atoms with Crippen LogP contribution in [0.1, 0.15) is 32.0 Å². The van der Waals surface area contributed by atoms with Crippen LogP contribution in [-0.4, -0.2) is 26.9 Å². The molecule has 26 heavy (non-hydrogen) atoms. The van der Waals surface area contributed by atoms with Gasteiger partial charge in [-0.2, -0.15) is 0 Å². The van der Waals surface area contributed by atoms with E-state index in [1.165, 1.54) is 12.4 Å². The molecule has 130 valence electrons. The Hall–Kier alpha value is -3.61. The summed E-state index contributed by atoms with van der Waals surface area (Å²) in [4.78, 5) is 36.0. The summed E-state index contributed by atoms with van der Waals surface area (Å²) < 4.78 is 10.6. The molecule has 0 saturated heterocycles. The van der Waals surface area contributed by atoms with E-state index >= 15 is 0 Å². The first-order valence-corrected chi connectivity index (χ1v) is 7.78. The summed E-state index contributed by atoms with van der Waals surface area (Å²) >= 11 is 0. The highest BCUT2D eigenvalue weighted by atomic mass is 16.5. The van der Waals surface area contributed by atoms with Crippen molar-refractivity contribution in [1.29, 1.82) is 0 Å². The summed E-state index contributed by atoms with van der Waals surface area (Å²) in [6.07, 6.45) is 7.55. The second-order valence-corrected chi connectivity index (χ2v) is 5.38. The zero-order valence-corrected chi connectivity index (χ0v) is 14.0. The highest BCUT2D eigenvalue weighted by Crippen LogP contribution is 2.19. The number of carbonyl (C=O) groups excluding carboxylic acids is 2. The minimum absolute atomic E-state index is 0.00154. The van der Waals surface area contributed by atoms with Crippen molar-refractivity contribution in [3.8, 4) is 5.75 Å². The SMILES string of the molecule is Cc1ncc(COC(=O)c2cccnc2)cc1OC(=O)c1cccnc1. The van der Waals surface area contributed by atoms with Gasteiger partial charge in [0.1, 0.15) is 6.61 Å². The molecular formula is C19H15N3O4. The monoisotopic (exact) mass is 349 g/mol. The molecule has 0 aliphatic rings. The van der Waals surface area contributed by atoms with Crippen LogP contribution in [0.25, 0.3) is 0 Å². The number of rotatable bonds is 5. The first-order chi connectivity index (χ1) is 12.6. The Morgan fingerprint density at radius 2 is 1.62 bits per heavy atom. The summed E-state index contributed by atoms with van der Waals surface area (Å²) in [5, 5.41) is 0. The van der Waals surface area contributed by atoms with E-state index in [9.17, 15) is 9.59 Å². The zero-order chi connectivity index (χ0) is 18.4. The Morgan fingerprint density at radius 3 is 2.23 bits per heavy atom. The Kier molecular flexibility index (Phi) is 5.28. The van der Waals surface area contributed by atoms with Crippen LogP contribution in [0.4, 0.5) is 0 Å². The fourth-order valence-electron chi connectivity index (χ4n) is 2.09. The number of carbonyl (C=O) groups is 2. The number of esters is 2. The molecule has 7 nitrogen and oxygen atoms in total. The molecule has 3 rings (SSSR count). The Labute approximate surface area is 149 Å². The highest BCUT2D eigenvalue weighted by molar-refractivity contribution is 5.90. The molecule has 0 N–H and O–H groups in total. The molecule has 0 aliphatic carbocycles. The third-order valence-electron chi connectivity index (χ3n) is 3.46. The largest absolute Gasteiger partial charge is 0.457 e. The predicted octanol–water partition coefficient (Wildman–Crippen LogP) is 2.76. The summed E-state index contributed by atoms with van der Waals surface area (Å²) in [5.41, 5.74) is 1.84. The lowest BCUT2D eigenvalue weighted by atomic mass is 10.2. The lowest BCUT2D eigenvalue weighted by molar-refractivity contribution is 0.0470. The van der Waals surface area contributed by atoms with Crippen molar-refractivity contribution < 1.29 is 19.1 Å². The van der Waals surface area contributed by atoms with Crippen molar-refractivity contribution in [3.05, 3.63) is 83.7 Å². The van der Waals surface area contributed by atoms with Crippen LogP contribution < -0.4 is 4.74 Å². The predicted molar refractivity (Wildman–Crippen MR) is 91.5 cm³/mol. The van der Waals surface area contributed by atoms with Crippen molar-refractivity contribution in [3.63, 3.8) is 0 Å². The zero-order valence-electron chi connectivity index (χ0n) is 14.0. The van der Waals surface area contributed by atoms with E-state index in [0.717, 1.165) is 0 Å². The second-order valence-electron chi connectivity index (χ2n) is 5.38. The molecule has 0 bridgehead atoms. The third-order valence-corrected chi connectivity index (χ3v) is 3.46. The normalized spacial score (nSPS) is 10.2. The number of pyridine rings is 3. The van der Waals surface area contributed by atoms with E-state index in [1.54, 1.807) is 55.8 Å². The van der Waals surface area contributed by atoms with Crippen molar-refractivity contribution in [2.75, 3.05) is 0 Å². The molecule has 0 radical (unpaired) electrons. The average Bonchev–Trinajstić information content (AvgIpc) is 2.69. The van der Waals surface area contributed by atoms with Crippen LogP contribution in [0, 0.1) is 6.92 Å². The molecular weight excluding hydrogens is 334 g/mol. The molecule has 3 aromatic rings. The maximum atomic E-state index is 12.1. The van der Waals surface area contributed by atoms with E-state index in [-0.39, 0.29) is 6.61 Å². The van der Waals surface area contributed by atoms with Gasteiger partial charge in [-0.3, -0.25) is 15.0 Å². The van der Waals surface area contributed by atoms with Crippen LogP contribution >= 0.6 is 0 Å². The lowest BCUT2D eigenvalue weighted by Gasteiger charge is -2.09. The molecule has 0 spiro atoms. The number of aryl methyl sites for hydroxylation is 1. The maximum absolute atomic E-state index is 12.1. The van der Waals surface area contributed by atoms with Crippen molar-refractivity contribution in [1.82, 2.24) is 15.0 Å². The fraction of sp³-hybridized carbons (Fsp3) is 0.105. The summed E-state index contributed by atoms with van der Waals surface area (Å²) in [5.74, 6) is -0.728.